The topological polar surface area (TPSA) is 63.4 Å². The van der Waals surface area contributed by atoms with Crippen molar-refractivity contribution in [3.63, 3.8) is 0 Å². The molecule has 0 atom stereocenters. The summed E-state index contributed by atoms with van der Waals surface area (Å²) in [6.45, 7) is 0. The highest BCUT2D eigenvalue weighted by Gasteiger charge is 2.37. The van der Waals surface area contributed by atoms with Gasteiger partial charge in [0.05, 0.1) is 11.3 Å². The maximum Gasteiger partial charge on any atom is 0.269 e. The molecule has 3 rings (SSSR count). The molecule has 0 bridgehead atoms. The lowest BCUT2D eigenvalue weighted by atomic mass is 9.93. The number of non-ortho nitro benzene ring substituents is 1. The summed E-state index contributed by atoms with van der Waals surface area (Å²) in [5, 5.41) is 10.7. The predicted octanol–water partition coefficient (Wildman–Crippen LogP) is 3.46. The van der Waals surface area contributed by atoms with E-state index in [9.17, 15) is 14.9 Å². The molecule has 1 aromatic rings. The molecule has 1 amide bonds. The number of nitrogens with zero attached hydrogens (tertiary/aromatic N) is 2. The monoisotopic (exact) mass is 302 g/mol. The van der Waals surface area contributed by atoms with Crippen LogP contribution in [0, 0.1) is 10.1 Å². The van der Waals surface area contributed by atoms with E-state index in [1.165, 1.54) is 31.4 Å². The van der Waals surface area contributed by atoms with Gasteiger partial charge in [0.25, 0.3) is 5.69 Å². The first-order valence-corrected chi connectivity index (χ1v) is 8.19. The van der Waals surface area contributed by atoms with Crippen molar-refractivity contribution in [3.8, 4) is 0 Å². The van der Waals surface area contributed by atoms with E-state index in [2.05, 4.69) is 4.90 Å². The van der Waals surface area contributed by atoms with E-state index in [1.54, 1.807) is 12.1 Å². The maximum absolute atomic E-state index is 12.7. The summed E-state index contributed by atoms with van der Waals surface area (Å²) in [5.41, 5.74) is 0.930. The van der Waals surface area contributed by atoms with Crippen molar-refractivity contribution in [2.75, 3.05) is 0 Å². The number of nitro groups is 1. The molecule has 22 heavy (non-hydrogen) atoms. The Kier molecular flexibility index (Phi) is 4.41. The predicted molar refractivity (Wildman–Crippen MR) is 83.5 cm³/mol. The first-order valence-electron chi connectivity index (χ1n) is 8.19. The van der Waals surface area contributed by atoms with Crippen LogP contribution in [0.3, 0.4) is 0 Å². The molecular formula is C17H22N2O3. The summed E-state index contributed by atoms with van der Waals surface area (Å²) in [4.78, 5) is 25.1. The lowest BCUT2D eigenvalue weighted by Crippen LogP contribution is -2.43. The van der Waals surface area contributed by atoms with Crippen molar-refractivity contribution >= 4 is 11.6 Å². The van der Waals surface area contributed by atoms with Crippen molar-refractivity contribution in [3.05, 3.63) is 39.9 Å². The van der Waals surface area contributed by atoms with Crippen LogP contribution < -0.4 is 0 Å². The van der Waals surface area contributed by atoms with Gasteiger partial charge < -0.3 is 4.90 Å². The van der Waals surface area contributed by atoms with Crippen molar-refractivity contribution in [2.24, 2.45) is 0 Å². The fourth-order valence-corrected chi connectivity index (χ4v) is 3.42. The second-order valence-electron chi connectivity index (χ2n) is 6.42. The third-order valence-corrected chi connectivity index (χ3v) is 4.70. The van der Waals surface area contributed by atoms with E-state index < -0.39 is 4.92 Å². The maximum atomic E-state index is 12.7. The molecule has 2 aliphatic carbocycles. The Labute approximate surface area is 130 Å². The van der Waals surface area contributed by atoms with Crippen LogP contribution in [0.15, 0.2) is 24.3 Å². The number of rotatable bonds is 5. The van der Waals surface area contributed by atoms with E-state index in [1.807, 2.05) is 0 Å². The van der Waals surface area contributed by atoms with Gasteiger partial charge in [-0.1, -0.05) is 31.4 Å². The number of nitro benzene ring substituents is 1. The van der Waals surface area contributed by atoms with Crippen molar-refractivity contribution in [1.82, 2.24) is 4.90 Å². The lowest BCUT2D eigenvalue weighted by Gasteiger charge is -2.34. The molecule has 0 spiro atoms. The fourth-order valence-electron chi connectivity index (χ4n) is 3.42. The quantitative estimate of drug-likeness (QED) is 0.618. The third-order valence-electron chi connectivity index (χ3n) is 4.70. The summed E-state index contributed by atoms with van der Waals surface area (Å²) in [7, 11) is 0. The molecule has 5 nitrogen and oxygen atoms in total. The molecule has 0 radical (unpaired) electrons. The molecule has 0 heterocycles. The van der Waals surface area contributed by atoms with E-state index in [4.69, 9.17) is 0 Å². The van der Waals surface area contributed by atoms with Crippen LogP contribution in [0.2, 0.25) is 0 Å². The minimum absolute atomic E-state index is 0.0718. The number of carbonyl (C=O) groups is 1. The minimum atomic E-state index is -0.413. The van der Waals surface area contributed by atoms with E-state index in [-0.39, 0.29) is 11.6 Å². The van der Waals surface area contributed by atoms with Crippen LogP contribution in [0.1, 0.15) is 50.5 Å². The highest BCUT2D eigenvalue weighted by molar-refractivity contribution is 5.79. The largest absolute Gasteiger partial charge is 0.336 e. The van der Waals surface area contributed by atoms with Crippen LogP contribution >= 0.6 is 0 Å². The molecule has 5 heteroatoms. The summed E-state index contributed by atoms with van der Waals surface area (Å²) in [6, 6.07) is 7.19. The lowest BCUT2D eigenvalue weighted by molar-refractivity contribution is -0.384. The molecule has 0 aromatic heterocycles. The highest BCUT2D eigenvalue weighted by Crippen LogP contribution is 2.34. The van der Waals surface area contributed by atoms with Gasteiger partial charge in [-0.05, 0) is 31.2 Å². The van der Waals surface area contributed by atoms with Gasteiger partial charge in [-0.15, -0.1) is 0 Å². The number of hydrogen-bond donors (Lipinski definition) is 0. The summed E-state index contributed by atoms with van der Waals surface area (Å²) < 4.78 is 0. The SMILES string of the molecule is O=C(Cc1ccc([N+](=O)[O-])cc1)N(C1CCCCC1)C1CC1. The zero-order valence-electron chi connectivity index (χ0n) is 12.7. The second kappa shape index (κ2) is 6.46. The molecule has 2 aliphatic rings. The molecule has 1 aromatic carbocycles. The zero-order valence-corrected chi connectivity index (χ0v) is 12.7. The Bertz CT molecular complexity index is 546. The number of amides is 1. The molecule has 2 saturated carbocycles. The molecule has 0 saturated heterocycles. The van der Waals surface area contributed by atoms with Crippen molar-refractivity contribution in [1.29, 1.82) is 0 Å². The first kappa shape index (κ1) is 15.0. The normalized spacial score (nSPS) is 18.9. The average molecular weight is 302 g/mol. The molecule has 2 fully saturated rings. The Balaban J connectivity index is 1.66. The fraction of sp³-hybridized carbons (Fsp3) is 0.588. The Hall–Kier alpha value is -1.91. The van der Waals surface area contributed by atoms with Crippen LogP contribution in [-0.2, 0) is 11.2 Å². The standard InChI is InChI=1S/C17H22N2O3/c20-17(12-13-6-8-16(9-7-13)19(21)22)18(15-10-11-15)14-4-2-1-3-5-14/h6-9,14-15H,1-5,10-12H2. The van der Waals surface area contributed by atoms with E-state index >= 15 is 0 Å². The molecule has 0 aliphatic heterocycles. The van der Waals surface area contributed by atoms with Gasteiger partial charge in [0, 0.05) is 24.2 Å². The van der Waals surface area contributed by atoms with E-state index in [0.717, 1.165) is 31.2 Å². The van der Waals surface area contributed by atoms with Crippen LogP contribution in [0.5, 0.6) is 0 Å². The Morgan fingerprint density at radius 2 is 1.64 bits per heavy atom. The molecule has 0 N–H and O–H groups in total. The smallest absolute Gasteiger partial charge is 0.269 e. The average Bonchev–Trinajstić information content (AvgIpc) is 3.34. The van der Waals surface area contributed by atoms with Gasteiger partial charge in [0.15, 0.2) is 0 Å². The third kappa shape index (κ3) is 3.46. The summed E-state index contributed by atoms with van der Waals surface area (Å²) in [6.07, 6.45) is 8.59. The summed E-state index contributed by atoms with van der Waals surface area (Å²) in [5.74, 6) is 0.184. The zero-order chi connectivity index (χ0) is 15.5. The van der Waals surface area contributed by atoms with Gasteiger partial charge in [-0.25, -0.2) is 0 Å². The Morgan fingerprint density at radius 3 is 2.18 bits per heavy atom. The van der Waals surface area contributed by atoms with Crippen molar-refractivity contribution < 1.29 is 9.72 Å². The minimum Gasteiger partial charge on any atom is -0.336 e. The van der Waals surface area contributed by atoms with E-state index in [0.29, 0.717) is 18.5 Å². The summed E-state index contributed by atoms with van der Waals surface area (Å²) >= 11 is 0. The molecular weight excluding hydrogens is 280 g/mol. The van der Waals surface area contributed by atoms with Gasteiger partial charge in [-0.2, -0.15) is 0 Å². The molecule has 118 valence electrons. The Morgan fingerprint density at radius 1 is 1.05 bits per heavy atom. The first-order chi connectivity index (χ1) is 10.6. The number of hydrogen-bond acceptors (Lipinski definition) is 3. The van der Waals surface area contributed by atoms with Gasteiger partial charge in [-0.3, -0.25) is 14.9 Å². The van der Waals surface area contributed by atoms with Crippen molar-refractivity contribution in [2.45, 2.75) is 63.5 Å². The van der Waals surface area contributed by atoms with Crippen LogP contribution in [-0.4, -0.2) is 27.8 Å². The second-order valence-corrected chi connectivity index (χ2v) is 6.42. The van der Waals surface area contributed by atoms with Crippen LogP contribution in [0.25, 0.3) is 0 Å². The molecule has 0 unspecified atom stereocenters. The van der Waals surface area contributed by atoms with Gasteiger partial charge in [0.1, 0.15) is 0 Å². The van der Waals surface area contributed by atoms with Gasteiger partial charge in [0.2, 0.25) is 5.91 Å². The number of carbonyl (C=O) groups excluding carboxylic acids is 1. The van der Waals surface area contributed by atoms with Gasteiger partial charge >= 0.3 is 0 Å². The highest BCUT2D eigenvalue weighted by atomic mass is 16.6. The number of benzene rings is 1. The van der Waals surface area contributed by atoms with Crippen LogP contribution in [0.4, 0.5) is 5.69 Å².